The highest BCUT2D eigenvalue weighted by Crippen LogP contribution is 2.44. The highest BCUT2D eigenvalue weighted by molar-refractivity contribution is 5.72. The number of hydrogen-bond donors (Lipinski definition) is 1. The lowest BCUT2D eigenvalue weighted by atomic mass is 9.72. The van der Waals surface area contributed by atoms with Crippen molar-refractivity contribution in [3.05, 3.63) is 41.7 Å². The topological polar surface area (TPSA) is 49.8 Å². The van der Waals surface area contributed by atoms with E-state index in [1.54, 1.807) is 12.1 Å². The van der Waals surface area contributed by atoms with Crippen molar-refractivity contribution in [2.45, 2.75) is 12.8 Å². The lowest BCUT2D eigenvalue weighted by Crippen LogP contribution is -2.40. The van der Waals surface area contributed by atoms with Gasteiger partial charge in [-0.05, 0) is 30.5 Å². The summed E-state index contributed by atoms with van der Waals surface area (Å²) in [6.07, 6.45) is 5.61. The van der Waals surface area contributed by atoms with Crippen LogP contribution >= 0.6 is 0 Å². The summed E-state index contributed by atoms with van der Waals surface area (Å²) in [5.41, 5.74) is 0.800. The number of nitrogens with zero attached hydrogens (tertiary/aromatic N) is 1. The van der Waals surface area contributed by atoms with Gasteiger partial charge >= 0.3 is 5.97 Å². The number of likely N-dealkylation sites (tertiary alicyclic amines) is 1. The molecule has 124 valence electrons. The minimum atomic E-state index is -0.697. The maximum atomic E-state index is 12.9. The molecule has 0 saturated carbocycles. The molecule has 3 rings (SSSR count). The maximum absolute atomic E-state index is 12.9. The second-order valence-electron chi connectivity index (χ2n) is 6.51. The number of ether oxygens (including phenoxy) is 1. The van der Waals surface area contributed by atoms with Crippen LogP contribution in [-0.4, -0.2) is 48.8 Å². The SMILES string of the molecule is O=C(O)C1CN(C/C=C/c2ccc(F)cc2)CC12CCOCC2. The van der Waals surface area contributed by atoms with Crippen LogP contribution in [0, 0.1) is 17.2 Å². The van der Waals surface area contributed by atoms with Gasteiger partial charge in [-0.15, -0.1) is 0 Å². The minimum absolute atomic E-state index is 0.145. The predicted octanol–water partition coefficient (Wildman–Crippen LogP) is 2.65. The lowest BCUT2D eigenvalue weighted by Gasteiger charge is -2.36. The molecule has 1 atom stereocenters. The summed E-state index contributed by atoms with van der Waals surface area (Å²) < 4.78 is 18.3. The van der Waals surface area contributed by atoms with Gasteiger partial charge in [0.15, 0.2) is 0 Å². The summed E-state index contributed by atoms with van der Waals surface area (Å²) in [4.78, 5) is 13.8. The van der Waals surface area contributed by atoms with Crippen molar-refractivity contribution in [2.75, 3.05) is 32.8 Å². The molecule has 4 nitrogen and oxygen atoms in total. The van der Waals surface area contributed by atoms with Gasteiger partial charge in [-0.3, -0.25) is 9.69 Å². The molecule has 2 aliphatic heterocycles. The Kier molecular flexibility index (Phi) is 4.78. The van der Waals surface area contributed by atoms with Crippen molar-refractivity contribution < 1.29 is 19.0 Å². The van der Waals surface area contributed by atoms with E-state index < -0.39 is 5.97 Å². The molecule has 1 unspecified atom stereocenters. The molecular formula is C18H22FNO3. The van der Waals surface area contributed by atoms with Gasteiger partial charge in [-0.25, -0.2) is 4.39 Å². The minimum Gasteiger partial charge on any atom is -0.481 e. The third kappa shape index (κ3) is 3.62. The second-order valence-corrected chi connectivity index (χ2v) is 6.51. The largest absolute Gasteiger partial charge is 0.481 e. The number of carboxylic acid groups (broad SMARTS) is 1. The maximum Gasteiger partial charge on any atom is 0.308 e. The molecule has 2 heterocycles. The first-order valence-corrected chi connectivity index (χ1v) is 8.04. The number of aliphatic carboxylic acids is 1. The van der Waals surface area contributed by atoms with Crippen molar-refractivity contribution in [1.82, 2.24) is 4.90 Å². The van der Waals surface area contributed by atoms with Gasteiger partial charge in [0.1, 0.15) is 5.82 Å². The van der Waals surface area contributed by atoms with E-state index in [1.807, 2.05) is 12.2 Å². The fourth-order valence-electron chi connectivity index (χ4n) is 3.75. The van der Waals surface area contributed by atoms with Crippen LogP contribution in [0.2, 0.25) is 0 Å². The summed E-state index contributed by atoms with van der Waals surface area (Å²) in [7, 11) is 0. The summed E-state index contributed by atoms with van der Waals surface area (Å²) in [6.45, 7) is 3.42. The van der Waals surface area contributed by atoms with E-state index >= 15 is 0 Å². The summed E-state index contributed by atoms with van der Waals surface area (Å²) in [5, 5.41) is 9.56. The van der Waals surface area contributed by atoms with E-state index in [9.17, 15) is 14.3 Å². The summed E-state index contributed by atoms with van der Waals surface area (Å²) >= 11 is 0. The lowest BCUT2D eigenvalue weighted by molar-refractivity contribution is -0.146. The van der Waals surface area contributed by atoms with E-state index in [-0.39, 0.29) is 17.2 Å². The first-order valence-electron chi connectivity index (χ1n) is 8.04. The Bertz CT molecular complexity index is 578. The Balaban J connectivity index is 1.63. The molecule has 23 heavy (non-hydrogen) atoms. The fourth-order valence-corrected chi connectivity index (χ4v) is 3.75. The van der Waals surface area contributed by atoms with Crippen molar-refractivity contribution >= 4 is 12.0 Å². The van der Waals surface area contributed by atoms with Gasteiger partial charge in [0, 0.05) is 38.3 Å². The molecular weight excluding hydrogens is 297 g/mol. The first kappa shape index (κ1) is 16.1. The molecule has 2 fully saturated rings. The van der Waals surface area contributed by atoms with Gasteiger partial charge in [-0.1, -0.05) is 24.3 Å². The Morgan fingerprint density at radius 3 is 2.70 bits per heavy atom. The monoisotopic (exact) mass is 319 g/mol. The van der Waals surface area contributed by atoms with Crippen LogP contribution in [0.1, 0.15) is 18.4 Å². The molecule has 0 aromatic heterocycles. The van der Waals surface area contributed by atoms with Crippen LogP contribution in [0.3, 0.4) is 0 Å². The zero-order valence-corrected chi connectivity index (χ0v) is 13.1. The Hall–Kier alpha value is -1.72. The van der Waals surface area contributed by atoms with E-state index in [4.69, 9.17) is 4.74 Å². The molecule has 2 aliphatic rings. The highest BCUT2D eigenvalue weighted by Gasteiger charge is 2.50. The standard InChI is InChI=1S/C18H22FNO3/c19-15-5-3-14(4-6-15)2-1-9-20-12-16(17(21)22)18(13-20)7-10-23-11-8-18/h1-6,16H,7-13H2,(H,21,22)/b2-1+. The molecule has 0 bridgehead atoms. The van der Waals surface area contributed by atoms with Gasteiger partial charge in [0.05, 0.1) is 5.92 Å². The van der Waals surface area contributed by atoms with Crippen molar-refractivity contribution in [2.24, 2.45) is 11.3 Å². The Morgan fingerprint density at radius 1 is 1.35 bits per heavy atom. The van der Waals surface area contributed by atoms with Crippen molar-refractivity contribution in [3.63, 3.8) is 0 Å². The van der Waals surface area contributed by atoms with Crippen LogP contribution in [0.5, 0.6) is 0 Å². The van der Waals surface area contributed by atoms with E-state index in [0.29, 0.717) is 26.3 Å². The molecule has 0 amide bonds. The Labute approximate surface area is 135 Å². The zero-order valence-electron chi connectivity index (χ0n) is 13.1. The molecule has 1 aromatic carbocycles. The third-order valence-corrected chi connectivity index (χ3v) is 5.05. The van der Waals surface area contributed by atoms with Crippen LogP contribution < -0.4 is 0 Å². The fraction of sp³-hybridized carbons (Fsp3) is 0.500. The number of benzene rings is 1. The molecule has 1 spiro atoms. The van der Waals surface area contributed by atoms with E-state index in [2.05, 4.69) is 4.90 Å². The summed E-state index contributed by atoms with van der Waals surface area (Å²) in [6, 6.07) is 6.34. The highest BCUT2D eigenvalue weighted by atomic mass is 19.1. The van der Waals surface area contributed by atoms with Crippen molar-refractivity contribution in [3.8, 4) is 0 Å². The molecule has 0 aliphatic carbocycles. The number of hydrogen-bond acceptors (Lipinski definition) is 3. The average molecular weight is 319 g/mol. The van der Waals surface area contributed by atoms with Crippen LogP contribution in [0.25, 0.3) is 6.08 Å². The normalized spacial score (nSPS) is 24.5. The van der Waals surface area contributed by atoms with Gasteiger partial charge in [0.2, 0.25) is 0 Å². The average Bonchev–Trinajstić information content (AvgIpc) is 2.88. The zero-order chi connectivity index (χ0) is 16.3. The van der Waals surface area contributed by atoms with E-state index in [0.717, 1.165) is 24.9 Å². The number of carbonyl (C=O) groups is 1. The molecule has 0 radical (unpaired) electrons. The third-order valence-electron chi connectivity index (χ3n) is 5.05. The first-order chi connectivity index (χ1) is 11.1. The molecule has 1 aromatic rings. The number of halogens is 1. The quantitative estimate of drug-likeness (QED) is 0.927. The predicted molar refractivity (Wildman–Crippen MR) is 85.5 cm³/mol. The van der Waals surface area contributed by atoms with Crippen LogP contribution in [-0.2, 0) is 9.53 Å². The smallest absolute Gasteiger partial charge is 0.308 e. The van der Waals surface area contributed by atoms with Gasteiger partial charge in [-0.2, -0.15) is 0 Å². The molecule has 1 N–H and O–H groups in total. The van der Waals surface area contributed by atoms with E-state index in [1.165, 1.54) is 12.1 Å². The summed E-state index contributed by atoms with van der Waals surface area (Å²) in [5.74, 6) is -1.25. The van der Waals surface area contributed by atoms with Crippen molar-refractivity contribution in [1.29, 1.82) is 0 Å². The van der Waals surface area contributed by atoms with Crippen LogP contribution in [0.4, 0.5) is 4.39 Å². The number of rotatable bonds is 4. The number of carboxylic acids is 1. The van der Waals surface area contributed by atoms with Crippen LogP contribution in [0.15, 0.2) is 30.3 Å². The molecule has 2 saturated heterocycles. The second kappa shape index (κ2) is 6.81. The van der Waals surface area contributed by atoms with Gasteiger partial charge < -0.3 is 9.84 Å². The molecule has 5 heteroatoms. The van der Waals surface area contributed by atoms with Gasteiger partial charge in [0.25, 0.3) is 0 Å². The Morgan fingerprint density at radius 2 is 2.04 bits per heavy atom.